The van der Waals surface area contributed by atoms with Crippen LogP contribution in [0.15, 0.2) is 77.7 Å². The van der Waals surface area contributed by atoms with Crippen molar-refractivity contribution < 1.29 is 19.1 Å². The van der Waals surface area contributed by atoms with Gasteiger partial charge in [-0.3, -0.25) is 19.3 Å². The van der Waals surface area contributed by atoms with Gasteiger partial charge in [0.25, 0.3) is 11.1 Å². The molecular formula is C29H23N3O4S. The van der Waals surface area contributed by atoms with E-state index in [1.54, 1.807) is 35.2 Å². The molecule has 0 bridgehead atoms. The molecule has 2 aliphatic rings. The molecule has 0 saturated carbocycles. The first-order valence-electron chi connectivity index (χ1n) is 11.8. The molecule has 2 heterocycles. The predicted octanol–water partition coefficient (Wildman–Crippen LogP) is 4.76. The molecule has 0 unspecified atom stereocenters. The minimum atomic E-state index is -0.495. The Hall–Kier alpha value is -4.35. The normalized spacial score (nSPS) is 16.0. The van der Waals surface area contributed by atoms with Crippen LogP contribution < -0.4 is 4.74 Å². The van der Waals surface area contributed by atoms with Gasteiger partial charge in [0.1, 0.15) is 18.9 Å². The average Bonchev–Trinajstić information content (AvgIpc) is 3.19. The Balaban J connectivity index is 1.28. The number of imide groups is 1. The number of fused-ring (bicyclic) bond motifs is 1. The number of hydrogen-bond donors (Lipinski definition) is 0. The number of thioether (sulfide) groups is 1. The largest absolute Gasteiger partial charge is 0.488 e. The quantitative estimate of drug-likeness (QED) is 0.445. The van der Waals surface area contributed by atoms with Crippen molar-refractivity contribution in [1.29, 1.82) is 5.26 Å². The molecule has 1 fully saturated rings. The first-order chi connectivity index (χ1) is 18.0. The maximum atomic E-state index is 13.1. The van der Waals surface area contributed by atoms with Crippen LogP contribution in [0.4, 0.5) is 4.79 Å². The first-order valence-corrected chi connectivity index (χ1v) is 12.6. The van der Waals surface area contributed by atoms with Crippen LogP contribution in [0, 0.1) is 11.3 Å². The van der Waals surface area contributed by atoms with Crippen LogP contribution >= 0.6 is 11.8 Å². The maximum absolute atomic E-state index is 13.1. The van der Waals surface area contributed by atoms with Crippen molar-refractivity contribution in [2.45, 2.75) is 19.6 Å². The van der Waals surface area contributed by atoms with Crippen molar-refractivity contribution >= 4 is 34.9 Å². The third kappa shape index (κ3) is 5.27. The number of carbonyl (C=O) groups excluding carboxylic acids is 3. The molecule has 0 spiro atoms. The summed E-state index contributed by atoms with van der Waals surface area (Å²) in [4.78, 5) is 41.6. The molecule has 184 valence electrons. The van der Waals surface area contributed by atoms with Crippen molar-refractivity contribution in [2.75, 3.05) is 13.1 Å². The van der Waals surface area contributed by atoms with Gasteiger partial charge in [0, 0.05) is 24.2 Å². The summed E-state index contributed by atoms with van der Waals surface area (Å²) in [5, 5.41) is 8.84. The van der Waals surface area contributed by atoms with Gasteiger partial charge in [0.05, 0.1) is 16.5 Å². The highest BCUT2D eigenvalue weighted by atomic mass is 32.2. The Morgan fingerprint density at radius 2 is 1.73 bits per heavy atom. The highest BCUT2D eigenvalue weighted by Gasteiger charge is 2.37. The molecule has 3 amide bonds. The lowest BCUT2D eigenvalue weighted by atomic mass is 10.00. The maximum Gasteiger partial charge on any atom is 0.294 e. The van der Waals surface area contributed by atoms with Crippen molar-refractivity contribution in [3.8, 4) is 11.8 Å². The number of nitriles is 1. The average molecular weight is 510 g/mol. The molecular weight excluding hydrogens is 486 g/mol. The molecule has 8 heteroatoms. The zero-order valence-corrected chi connectivity index (χ0v) is 20.7. The molecule has 5 rings (SSSR count). The second-order valence-electron chi connectivity index (χ2n) is 8.70. The third-order valence-electron chi connectivity index (χ3n) is 6.38. The van der Waals surface area contributed by atoms with E-state index in [4.69, 9.17) is 4.74 Å². The lowest BCUT2D eigenvalue weighted by molar-refractivity contribution is -0.136. The molecule has 0 radical (unpaired) electrons. The topological polar surface area (TPSA) is 90.7 Å². The Bertz CT molecular complexity index is 1460. The SMILES string of the molecule is N#Cc1ccccc1COc1ccccc1/C=C1\SC(=O)N(CC(=O)N2CCc3ccccc3C2)C1=O. The van der Waals surface area contributed by atoms with Crippen molar-refractivity contribution in [2.24, 2.45) is 0 Å². The van der Waals surface area contributed by atoms with E-state index in [1.165, 1.54) is 5.56 Å². The molecule has 0 atom stereocenters. The van der Waals surface area contributed by atoms with Gasteiger partial charge in [-0.05, 0) is 47.5 Å². The summed E-state index contributed by atoms with van der Waals surface area (Å²) in [6.07, 6.45) is 2.36. The summed E-state index contributed by atoms with van der Waals surface area (Å²) in [5.41, 5.74) is 4.21. The summed E-state index contributed by atoms with van der Waals surface area (Å²) in [6.45, 7) is 0.930. The van der Waals surface area contributed by atoms with Crippen molar-refractivity contribution in [1.82, 2.24) is 9.80 Å². The van der Waals surface area contributed by atoms with E-state index in [0.29, 0.717) is 30.0 Å². The van der Waals surface area contributed by atoms with Gasteiger partial charge in [-0.15, -0.1) is 0 Å². The number of para-hydroxylation sites is 1. The van der Waals surface area contributed by atoms with E-state index < -0.39 is 11.1 Å². The standard InChI is InChI=1S/C29H23N3O4S/c30-16-22-9-2-4-11-24(22)19-36-25-12-6-5-8-21(25)15-26-28(34)32(29(35)37-26)18-27(33)31-14-13-20-7-1-3-10-23(20)17-31/h1-12,15H,13-14,17-19H2/b26-15-. The number of amides is 3. The van der Waals surface area contributed by atoms with Crippen LogP contribution in [0.2, 0.25) is 0 Å². The summed E-state index contributed by atoms with van der Waals surface area (Å²) < 4.78 is 5.96. The molecule has 3 aromatic rings. The predicted molar refractivity (Wildman–Crippen MR) is 140 cm³/mol. The molecule has 0 N–H and O–H groups in total. The van der Waals surface area contributed by atoms with Crippen LogP contribution in [0.5, 0.6) is 5.75 Å². The van der Waals surface area contributed by atoms with Gasteiger partial charge in [0.15, 0.2) is 0 Å². The lowest BCUT2D eigenvalue weighted by Crippen LogP contribution is -2.44. The Kier molecular flexibility index (Phi) is 7.06. The number of benzene rings is 3. The van der Waals surface area contributed by atoms with Gasteiger partial charge < -0.3 is 9.64 Å². The van der Waals surface area contributed by atoms with Crippen molar-refractivity contribution in [3.63, 3.8) is 0 Å². The fraction of sp³-hybridized carbons (Fsp3) is 0.172. The zero-order chi connectivity index (χ0) is 25.8. The Morgan fingerprint density at radius 1 is 1.00 bits per heavy atom. The summed E-state index contributed by atoms with van der Waals surface area (Å²) >= 11 is 0.812. The first kappa shape index (κ1) is 24.3. The molecule has 0 aromatic heterocycles. The van der Waals surface area contributed by atoms with Crippen LogP contribution in [0.3, 0.4) is 0 Å². The third-order valence-corrected chi connectivity index (χ3v) is 7.28. The smallest absolute Gasteiger partial charge is 0.294 e. The van der Waals surface area contributed by atoms with Crippen molar-refractivity contribution in [3.05, 3.63) is 106 Å². The summed E-state index contributed by atoms with van der Waals surface area (Å²) in [5.74, 6) is -0.228. The molecule has 7 nitrogen and oxygen atoms in total. The second kappa shape index (κ2) is 10.7. The van der Waals surface area contributed by atoms with Gasteiger partial charge in [-0.25, -0.2) is 0 Å². The zero-order valence-electron chi connectivity index (χ0n) is 19.9. The molecule has 1 saturated heterocycles. The van der Waals surface area contributed by atoms with E-state index in [9.17, 15) is 19.6 Å². The number of carbonyl (C=O) groups is 3. The van der Waals surface area contributed by atoms with Crippen LogP contribution in [0.25, 0.3) is 6.08 Å². The molecule has 2 aliphatic heterocycles. The minimum absolute atomic E-state index is 0.184. The van der Waals surface area contributed by atoms with E-state index in [1.807, 2.05) is 42.5 Å². The number of hydrogen-bond acceptors (Lipinski definition) is 6. The van der Waals surface area contributed by atoms with Gasteiger partial charge in [0.2, 0.25) is 5.91 Å². The van der Waals surface area contributed by atoms with Crippen LogP contribution in [0.1, 0.15) is 27.8 Å². The van der Waals surface area contributed by atoms with Crippen LogP contribution in [-0.4, -0.2) is 39.9 Å². The highest BCUT2D eigenvalue weighted by molar-refractivity contribution is 8.18. The number of ether oxygens (including phenoxy) is 1. The summed E-state index contributed by atoms with van der Waals surface area (Å²) in [6, 6.07) is 24.5. The van der Waals surface area contributed by atoms with Gasteiger partial charge in [-0.2, -0.15) is 5.26 Å². The monoisotopic (exact) mass is 509 g/mol. The fourth-order valence-electron chi connectivity index (χ4n) is 4.36. The van der Waals surface area contributed by atoms with Crippen LogP contribution in [-0.2, 0) is 29.2 Å². The fourth-order valence-corrected chi connectivity index (χ4v) is 5.19. The van der Waals surface area contributed by atoms with Gasteiger partial charge >= 0.3 is 0 Å². The lowest BCUT2D eigenvalue weighted by Gasteiger charge is -2.29. The van der Waals surface area contributed by atoms with Gasteiger partial charge in [-0.1, -0.05) is 60.7 Å². The second-order valence-corrected chi connectivity index (χ2v) is 9.69. The van der Waals surface area contributed by atoms with E-state index in [0.717, 1.165) is 34.2 Å². The minimum Gasteiger partial charge on any atom is -0.488 e. The highest BCUT2D eigenvalue weighted by Crippen LogP contribution is 2.34. The molecule has 0 aliphatic carbocycles. The Morgan fingerprint density at radius 3 is 2.57 bits per heavy atom. The molecule has 3 aromatic carbocycles. The van der Waals surface area contributed by atoms with E-state index in [2.05, 4.69) is 12.1 Å². The van der Waals surface area contributed by atoms with E-state index >= 15 is 0 Å². The summed E-state index contributed by atoms with van der Waals surface area (Å²) in [7, 11) is 0. The number of nitrogens with zero attached hydrogens (tertiary/aromatic N) is 3. The molecule has 37 heavy (non-hydrogen) atoms. The Labute approximate surface area is 218 Å². The van der Waals surface area contributed by atoms with E-state index in [-0.39, 0.29) is 24.0 Å². The number of rotatable bonds is 6.